The smallest absolute Gasteiger partial charge is 0.342 e. The van der Waals surface area contributed by atoms with Gasteiger partial charge in [-0.1, -0.05) is 16.6 Å². The fourth-order valence-electron chi connectivity index (χ4n) is 4.41. The average Bonchev–Trinajstić information content (AvgIpc) is 3.61. The summed E-state index contributed by atoms with van der Waals surface area (Å²) in [5.74, 6) is -1.91. The van der Waals surface area contributed by atoms with E-state index in [9.17, 15) is 9.90 Å². The van der Waals surface area contributed by atoms with E-state index in [1.54, 1.807) is 36.4 Å². The Morgan fingerprint density at radius 2 is 1.81 bits per heavy atom. The second kappa shape index (κ2) is 8.63. The van der Waals surface area contributed by atoms with Gasteiger partial charge in [0.05, 0.1) is 41.8 Å². The second-order valence-electron chi connectivity index (χ2n) is 8.17. The molecule has 1 N–H and O–H groups in total. The molecule has 36 heavy (non-hydrogen) atoms. The highest BCUT2D eigenvalue weighted by atomic mass is 32.1. The Morgan fingerprint density at radius 1 is 0.972 bits per heavy atom. The lowest BCUT2D eigenvalue weighted by Crippen LogP contribution is -2.30. The number of benzene rings is 3. The number of nitrogens with zero attached hydrogens (tertiary/aromatic N) is 4. The van der Waals surface area contributed by atoms with Gasteiger partial charge in [0.1, 0.15) is 28.0 Å². The first-order valence-corrected chi connectivity index (χ1v) is 12.4. The van der Waals surface area contributed by atoms with Crippen LogP contribution < -0.4 is 9.47 Å². The number of rotatable bonds is 6. The summed E-state index contributed by atoms with van der Waals surface area (Å²) in [4.78, 5) is 13.4. The number of hydrogen-bond donors (Lipinski definition) is 1. The highest BCUT2D eigenvalue weighted by Gasteiger charge is 2.50. The highest BCUT2D eigenvalue weighted by Crippen LogP contribution is 2.48. The van der Waals surface area contributed by atoms with Crippen molar-refractivity contribution in [3.8, 4) is 11.5 Å². The Bertz CT molecular complexity index is 1680. The van der Waals surface area contributed by atoms with E-state index >= 15 is 0 Å². The lowest BCUT2D eigenvalue weighted by Gasteiger charge is -2.27. The van der Waals surface area contributed by atoms with Gasteiger partial charge in [0, 0.05) is 12.0 Å². The molecule has 0 aliphatic carbocycles. The van der Waals surface area contributed by atoms with E-state index in [1.807, 2.05) is 18.2 Å². The van der Waals surface area contributed by atoms with E-state index in [0.29, 0.717) is 28.2 Å². The van der Waals surface area contributed by atoms with Gasteiger partial charge in [-0.15, -0.1) is 5.10 Å². The average molecular weight is 519 g/mol. The maximum atomic E-state index is 13.4. The molecule has 0 radical (unpaired) electrons. The third-order valence-electron chi connectivity index (χ3n) is 6.16. The highest BCUT2D eigenvalue weighted by molar-refractivity contribution is 7.12. The minimum Gasteiger partial charge on any atom is -0.497 e. The van der Waals surface area contributed by atoms with Gasteiger partial charge in [-0.05, 0) is 65.1 Å². The monoisotopic (exact) mass is 518 g/mol. The first-order chi connectivity index (χ1) is 17.5. The Kier molecular flexibility index (Phi) is 5.40. The quantitative estimate of drug-likeness (QED) is 0.331. The van der Waals surface area contributed by atoms with Crippen molar-refractivity contribution in [2.24, 2.45) is 0 Å². The van der Waals surface area contributed by atoms with Gasteiger partial charge in [-0.2, -0.15) is 8.75 Å². The molecule has 3 heterocycles. The largest absolute Gasteiger partial charge is 0.497 e. The van der Waals surface area contributed by atoms with Gasteiger partial charge in [0.2, 0.25) is 0 Å². The van der Waals surface area contributed by atoms with Gasteiger partial charge in [-0.25, -0.2) is 4.79 Å². The molecule has 0 amide bonds. The minimum atomic E-state index is -2.09. The van der Waals surface area contributed by atoms with Crippen LogP contribution in [0.15, 0.2) is 60.2 Å². The van der Waals surface area contributed by atoms with Crippen LogP contribution >= 0.6 is 23.3 Å². The second-order valence-corrected chi connectivity index (χ2v) is 9.49. The zero-order valence-electron chi connectivity index (χ0n) is 19.1. The maximum absolute atomic E-state index is 13.4. The van der Waals surface area contributed by atoms with Crippen LogP contribution in [-0.4, -0.2) is 43.6 Å². The van der Waals surface area contributed by atoms with Crippen molar-refractivity contribution in [2.75, 3.05) is 14.2 Å². The maximum Gasteiger partial charge on any atom is 0.342 e. The molecule has 1 aliphatic rings. The number of aromatic nitrogens is 4. The Labute approximate surface area is 213 Å². The van der Waals surface area contributed by atoms with Crippen LogP contribution in [0.5, 0.6) is 11.5 Å². The summed E-state index contributed by atoms with van der Waals surface area (Å²) >= 11 is 2.37. The topological polar surface area (TPSA) is 117 Å². The molecule has 3 aromatic carbocycles. The molecule has 0 saturated carbocycles. The zero-order chi connectivity index (χ0) is 24.9. The Morgan fingerprint density at radius 3 is 2.64 bits per heavy atom. The molecular formula is C25H18N4O5S2. The third kappa shape index (κ3) is 3.60. The molecule has 1 unspecified atom stereocenters. The van der Waals surface area contributed by atoms with Crippen LogP contribution in [0.3, 0.4) is 0 Å². The minimum absolute atomic E-state index is 0.221. The lowest BCUT2D eigenvalue weighted by atomic mass is 9.87. The van der Waals surface area contributed by atoms with E-state index in [-0.39, 0.29) is 17.6 Å². The van der Waals surface area contributed by atoms with Crippen LogP contribution in [0.25, 0.3) is 26.8 Å². The standard InChI is InChI=1S/C25H18N4O5S2/c1-32-15-5-8-21(33-2)16(12-15)25(31)17(9-13-3-6-19-22(10-13)35-29-26-19)23(24(30)34-25)14-4-7-18-20(11-14)28-36-27-18/h3-8,10-12,31H,9H2,1-2H3. The Balaban J connectivity index is 1.58. The van der Waals surface area contributed by atoms with E-state index in [1.165, 1.54) is 25.8 Å². The van der Waals surface area contributed by atoms with Crippen molar-refractivity contribution in [1.29, 1.82) is 0 Å². The number of esters is 1. The van der Waals surface area contributed by atoms with Crippen LogP contribution in [0.4, 0.5) is 0 Å². The molecule has 0 saturated heterocycles. The van der Waals surface area contributed by atoms with Gasteiger partial charge < -0.3 is 19.3 Å². The first kappa shape index (κ1) is 22.5. The van der Waals surface area contributed by atoms with Crippen molar-refractivity contribution in [2.45, 2.75) is 12.2 Å². The number of carbonyl (C=O) groups is 1. The van der Waals surface area contributed by atoms with Crippen molar-refractivity contribution < 1.29 is 24.1 Å². The Hall–Kier alpha value is -3.93. The van der Waals surface area contributed by atoms with Crippen molar-refractivity contribution in [1.82, 2.24) is 18.3 Å². The van der Waals surface area contributed by atoms with Crippen LogP contribution in [0.2, 0.25) is 0 Å². The summed E-state index contributed by atoms with van der Waals surface area (Å²) in [6, 6.07) is 16.1. The number of hydrogen-bond acceptors (Lipinski definition) is 11. The molecule has 0 fully saturated rings. The predicted molar refractivity (Wildman–Crippen MR) is 135 cm³/mol. The molecule has 5 aromatic rings. The molecule has 9 nitrogen and oxygen atoms in total. The fraction of sp³-hybridized carbons (Fsp3) is 0.160. The molecule has 180 valence electrons. The molecule has 0 bridgehead atoms. The van der Waals surface area contributed by atoms with Crippen LogP contribution in [-0.2, 0) is 21.7 Å². The van der Waals surface area contributed by atoms with E-state index < -0.39 is 11.8 Å². The number of carbonyl (C=O) groups excluding carboxylic acids is 1. The summed E-state index contributed by atoms with van der Waals surface area (Å²) < 4.78 is 30.1. The molecular weight excluding hydrogens is 500 g/mol. The zero-order valence-corrected chi connectivity index (χ0v) is 20.7. The number of ether oxygens (including phenoxy) is 3. The lowest BCUT2D eigenvalue weighted by molar-refractivity contribution is -0.185. The van der Waals surface area contributed by atoms with E-state index in [0.717, 1.165) is 33.0 Å². The predicted octanol–water partition coefficient (Wildman–Crippen LogP) is 4.11. The van der Waals surface area contributed by atoms with Crippen molar-refractivity contribution in [3.05, 3.63) is 76.9 Å². The fourth-order valence-corrected chi connectivity index (χ4v) is 5.55. The van der Waals surface area contributed by atoms with E-state index in [2.05, 4.69) is 18.3 Å². The van der Waals surface area contributed by atoms with Crippen molar-refractivity contribution >= 4 is 56.1 Å². The summed E-state index contributed by atoms with van der Waals surface area (Å²) in [6.45, 7) is 0. The van der Waals surface area contributed by atoms with Crippen molar-refractivity contribution in [3.63, 3.8) is 0 Å². The number of fused-ring (bicyclic) bond motifs is 2. The molecule has 1 atom stereocenters. The molecule has 2 aromatic heterocycles. The molecule has 11 heteroatoms. The normalized spacial score (nSPS) is 17.7. The molecule has 6 rings (SSSR count). The number of cyclic esters (lactones) is 1. The van der Waals surface area contributed by atoms with Gasteiger partial charge in [0.25, 0.3) is 5.79 Å². The number of methoxy groups -OCH3 is 2. The van der Waals surface area contributed by atoms with E-state index in [4.69, 9.17) is 14.2 Å². The molecule has 1 aliphatic heterocycles. The van der Waals surface area contributed by atoms with Gasteiger partial charge in [-0.3, -0.25) is 0 Å². The number of aliphatic hydroxyl groups is 1. The summed E-state index contributed by atoms with van der Waals surface area (Å²) in [5, 5.41) is 16.2. The molecule has 0 spiro atoms. The first-order valence-electron chi connectivity index (χ1n) is 10.9. The van der Waals surface area contributed by atoms with Gasteiger partial charge in [0.15, 0.2) is 0 Å². The summed E-state index contributed by atoms with van der Waals surface area (Å²) in [7, 11) is 3.01. The van der Waals surface area contributed by atoms with Crippen LogP contribution in [0.1, 0.15) is 16.7 Å². The SMILES string of the molecule is COc1ccc(OC)c(C2(O)OC(=O)C(c3ccc4nsnc4c3)=C2Cc2ccc3nnsc3c2)c1. The third-order valence-corrected chi connectivity index (χ3v) is 7.41. The summed E-state index contributed by atoms with van der Waals surface area (Å²) in [6.07, 6.45) is 0.221. The summed E-state index contributed by atoms with van der Waals surface area (Å²) in [5.41, 5.74) is 4.50. The van der Waals surface area contributed by atoms with Gasteiger partial charge >= 0.3 is 5.97 Å². The van der Waals surface area contributed by atoms with Crippen LogP contribution in [0, 0.1) is 0 Å².